The maximum Gasteiger partial charge on any atom is 0.266 e. The van der Waals surface area contributed by atoms with Crippen LogP contribution in [0.3, 0.4) is 0 Å². The van der Waals surface area contributed by atoms with E-state index in [9.17, 15) is 15.3 Å². The first-order valence-corrected chi connectivity index (χ1v) is 11.0. The van der Waals surface area contributed by atoms with Crippen LogP contribution in [0.4, 0.5) is 5.69 Å². The first kappa shape index (κ1) is 24.7. The molecule has 6 nitrogen and oxygen atoms in total. The van der Waals surface area contributed by atoms with Crippen LogP contribution in [-0.4, -0.2) is 12.5 Å². The van der Waals surface area contributed by atoms with Gasteiger partial charge in [-0.3, -0.25) is 4.79 Å². The fraction of sp³-hybridized carbons (Fsp3) is 0.115. The highest BCUT2D eigenvalue weighted by Gasteiger charge is 2.15. The highest BCUT2D eigenvalue weighted by Crippen LogP contribution is 2.38. The third kappa shape index (κ3) is 6.30. The number of nitrogens with one attached hydrogen (secondary N) is 1. The Morgan fingerprint density at radius 2 is 1.85 bits per heavy atom. The zero-order chi connectivity index (χ0) is 24.5. The summed E-state index contributed by atoms with van der Waals surface area (Å²) in [5.41, 5.74) is 2.02. The van der Waals surface area contributed by atoms with Crippen LogP contribution < -0.4 is 14.8 Å². The fourth-order valence-electron chi connectivity index (χ4n) is 3.06. The molecule has 0 spiro atoms. The number of rotatable bonds is 8. The molecule has 0 aromatic heterocycles. The third-order valence-corrected chi connectivity index (χ3v) is 5.12. The molecule has 0 aliphatic heterocycles. The van der Waals surface area contributed by atoms with Crippen LogP contribution in [0.25, 0.3) is 6.08 Å². The summed E-state index contributed by atoms with van der Waals surface area (Å²) in [5.74, 6) is 0.0609. The maximum atomic E-state index is 12.6. The Morgan fingerprint density at radius 1 is 1.06 bits per heavy atom. The molecule has 170 valence electrons. The van der Waals surface area contributed by atoms with E-state index in [0.29, 0.717) is 45.5 Å². The molecule has 0 fully saturated rings. The summed E-state index contributed by atoms with van der Waals surface area (Å²) < 4.78 is 11.6. The summed E-state index contributed by atoms with van der Waals surface area (Å²) >= 11 is 12.4. The molecular weight excluding hydrogens is 473 g/mol. The number of ether oxygens (including phenoxy) is 2. The topological polar surface area (TPSA) is 95.1 Å². The standard InChI is InChI=1S/C26H19Cl2N3O3/c1-2-33-24-12-17(10-20(15-30)26(32)31-22-9-5-8-21(27)13-22)11-23(28)25(24)34-16-19-7-4-3-6-18(19)14-29/h3-13H,2,16H2,1H3,(H,31,32)/b20-10+. The largest absolute Gasteiger partial charge is 0.490 e. The summed E-state index contributed by atoms with van der Waals surface area (Å²) in [4.78, 5) is 12.6. The van der Waals surface area contributed by atoms with Gasteiger partial charge < -0.3 is 14.8 Å². The van der Waals surface area contributed by atoms with E-state index in [4.69, 9.17) is 32.7 Å². The molecule has 3 aromatic rings. The average Bonchev–Trinajstić information content (AvgIpc) is 2.82. The number of benzene rings is 3. The summed E-state index contributed by atoms with van der Waals surface area (Å²) in [6.07, 6.45) is 1.41. The van der Waals surface area contributed by atoms with Gasteiger partial charge in [-0.15, -0.1) is 0 Å². The molecule has 0 bridgehead atoms. The number of amides is 1. The monoisotopic (exact) mass is 491 g/mol. The van der Waals surface area contributed by atoms with Crippen LogP contribution in [-0.2, 0) is 11.4 Å². The Balaban J connectivity index is 1.87. The minimum atomic E-state index is -0.590. The zero-order valence-corrected chi connectivity index (χ0v) is 19.7. The van der Waals surface area contributed by atoms with Crippen molar-refractivity contribution in [3.05, 3.63) is 93.0 Å². The number of nitriles is 2. The Kier molecular flexibility index (Phi) is 8.54. The lowest BCUT2D eigenvalue weighted by atomic mass is 10.1. The quantitative estimate of drug-likeness (QED) is 0.291. The lowest BCUT2D eigenvalue weighted by Gasteiger charge is -2.15. The number of anilines is 1. The van der Waals surface area contributed by atoms with Gasteiger partial charge in [0.2, 0.25) is 0 Å². The van der Waals surface area contributed by atoms with Crippen molar-refractivity contribution in [2.45, 2.75) is 13.5 Å². The molecule has 0 aliphatic rings. The third-order valence-electron chi connectivity index (χ3n) is 4.60. The number of nitrogens with zero attached hydrogens (tertiary/aromatic N) is 2. The predicted molar refractivity (Wildman–Crippen MR) is 132 cm³/mol. The Hall–Kier alpha value is -3.97. The van der Waals surface area contributed by atoms with Crippen molar-refractivity contribution < 1.29 is 14.3 Å². The molecule has 0 atom stereocenters. The lowest BCUT2D eigenvalue weighted by Crippen LogP contribution is -2.13. The normalized spacial score (nSPS) is 10.7. The van der Waals surface area contributed by atoms with E-state index in [0.717, 1.165) is 0 Å². The van der Waals surface area contributed by atoms with Gasteiger partial charge in [-0.2, -0.15) is 10.5 Å². The average molecular weight is 492 g/mol. The molecule has 0 saturated heterocycles. The van der Waals surface area contributed by atoms with Gasteiger partial charge in [0.15, 0.2) is 11.5 Å². The second-order valence-electron chi connectivity index (χ2n) is 6.95. The zero-order valence-electron chi connectivity index (χ0n) is 18.1. The SMILES string of the molecule is CCOc1cc(/C=C(\C#N)C(=O)Nc2cccc(Cl)c2)cc(Cl)c1OCc1ccccc1C#N. The Morgan fingerprint density at radius 3 is 2.56 bits per heavy atom. The van der Waals surface area contributed by atoms with Gasteiger partial charge in [0, 0.05) is 16.3 Å². The van der Waals surface area contributed by atoms with Crippen molar-refractivity contribution in [2.24, 2.45) is 0 Å². The second-order valence-corrected chi connectivity index (χ2v) is 7.80. The molecule has 3 rings (SSSR count). The predicted octanol–water partition coefficient (Wildman–Crippen LogP) is 6.39. The second kappa shape index (κ2) is 11.8. The lowest BCUT2D eigenvalue weighted by molar-refractivity contribution is -0.112. The number of halogens is 2. The summed E-state index contributed by atoms with van der Waals surface area (Å²) in [5, 5.41) is 22.1. The van der Waals surface area contributed by atoms with Crippen LogP contribution >= 0.6 is 23.2 Å². The summed E-state index contributed by atoms with van der Waals surface area (Å²) in [6.45, 7) is 2.27. The number of hydrogen-bond acceptors (Lipinski definition) is 5. The molecule has 3 aromatic carbocycles. The van der Waals surface area contributed by atoms with E-state index < -0.39 is 5.91 Å². The van der Waals surface area contributed by atoms with Crippen LogP contribution in [0.1, 0.15) is 23.6 Å². The smallest absolute Gasteiger partial charge is 0.266 e. The van der Waals surface area contributed by atoms with E-state index in [1.165, 1.54) is 6.08 Å². The first-order chi connectivity index (χ1) is 16.4. The molecule has 1 N–H and O–H groups in total. The fourth-order valence-corrected chi connectivity index (χ4v) is 3.52. The highest BCUT2D eigenvalue weighted by atomic mass is 35.5. The molecule has 0 aliphatic carbocycles. The number of hydrogen-bond donors (Lipinski definition) is 1. The van der Waals surface area contributed by atoms with Crippen molar-refractivity contribution in [2.75, 3.05) is 11.9 Å². The van der Waals surface area contributed by atoms with Crippen LogP contribution in [0.5, 0.6) is 11.5 Å². The van der Waals surface area contributed by atoms with Crippen molar-refractivity contribution >= 4 is 40.9 Å². The molecule has 0 saturated carbocycles. The van der Waals surface area contributed by atoms with Crippen LogP contribution in [0.15, 0.2) is 66.2 Å². The molecule has 0 heterocycles. The minimum Gasteiger partial charge on any atom is -0.490 e. The van der Waals surface area contributed by atoms with Gasteiger partial charge in [-0.1, -0.05) is 47.5 Å². The van der Waals surface area contributed by atoms with Gasteiger partial charge in [0.1, 0.15) is 18.2 Å². The van der Waals surface area contributed by atoms with Gasteiger partial charge in [0.25, 0.3) is 5.91 Å². The molecule has 34 heavy (non-hydrogen) atoms. The number of carbonyl (C=O) groups is 1. The molecule has 0 unspecified atom stereocenters. The molecular formula is C26H19Cl2N3O3. The van der Waals surface area contributed by atoms with E-state index in [1.54, 1.807) is 54.6 Å². The van der Waals surface area contributed by atoms with Crippen LogP contribution in [0, 0.1) is 22.7 Å². The van der Waals surface area contributed by atoms with Crippen LogP contribution in [0.2, 0.25) is 10.0 Å². The summed E-state index contributed by atoms with van der Waals surface area (Å²) in [6, 6.07) is 20.9. The maximum absolute atomic E-state index is 12.6. The Bertz CT molecular complexity index is 1320. The van der Waals surface area contributed by atoms with E-state index in [1.807, 2.05) is 19.1 Å². The molecule has 8 heteroatoms. The minimum absolute atomic E-state index is 0.115. The van der Waals surface area contributed by atoms with Crippen molar-refractivity contribution in [1.29, 1.82) is 10.5 Å². The van der Waals surface area contributed by atoms with Crippen molar-refractivity contribution in [3.8, 4) is 23.6 Å². The van der Waals surface area contributed by atoms with Crippen molar-refractivity contribution in [3.63, 3.8) is 0 Å². The summed E-state index contributed by atoms with van der Waals surface area (Å²) in [7, 11) is 0. The van der Waals surface area contributed by atoms with Crippen molar-refractivity contribution in [1.82, 2.24) is 0 Å². The van der Waals surface area contributed by atoms with Gasteiger partial charge in [-0.05, 0) is 55.0 Å². The highest BCUT2D eigenvalue weighted by molar-refractivity contribution is 6.32. The van der Waals surface area contributed by atoms with E-state index >= 15 is 0 Å². The van der Waals surface area contributed by atoms with Gasteiger partial charge >= 0.3 is 0 Å². The molecule has 0 radical (unpaired) electrons. The first-order valence-electron chi connectivity index (χ1n) is 10.2. The van der Waals surface area contributed by atoms with Gasteiger partial charge in [0.05, 0.1) is 23.3 Å². The van der Waals surface area contributed by atoms with E-state index in [-0.39, 0.29) is 17.2 Å². The van der Waals surface area contributed by atoms with E-state index in [2.05, 4.69) is 11.4 Å². The van der Waals surface area contributed by atoms with Gasteiger partial charge in [-0.25, -0.2) is 0 Å². The number of carbonyl (C=O) groups excluding carboxylic acids is 1. The molecule has 1 amide bonds. The Labute approximate surface area is 207 Å².